The minimum absolute atomic E-state index is 0.0373. The van der Waals surface area contributed by atoms with Gasteiger partial charge in [-0.1, -0.05) is 0 Å². The van der Waals surface area contributed by atoms with E-state index in [9.17, 15) is 14.8 Å². The van der Waals surface area contributed by atoms with E-state index in [0.29, 0.717) is 22.6 Å². The van der Waals surface area contributed by atoms with Gasteiger partial charge in [0.2, 0.25) is 5.52 Å². The number of benzene rings is 1. The van der Waals surface area contributed by atoms with Crippen molar-refractivity contribution in [3.05, 3.63) is 34.8 Å². The third-order valence-electron chi connectivity index (χ3n) is 3.09. The van der Waals surface area contributed by atoms with Crippen molar-refractivity contribution in [3.63, 3.8) is 0 Å². The van der Waals surface area contributed by atoms with E-state index in [1.807, 2.05) is 6.92 Å². The van der Waals surface area contributed by atoms with E-state index in [1.54, 1.807) is 19.1 Å². The second kappa shape index (κ2) is 7.58. The molecule has 0 aliphatic heterocycles. The first-order valence-corrected chi connectivity index (χ1v) is 7.47. The van der Waals surface area contributed by atoms with Gasteiger partial charge in [0.05, 0.1) is 19.3 Å². The summed E-state index contributed by atoms with van der Waals surface area (Å²) in [5, 5.41) is 12.6. The lowest BCUT2D eigenvalue weighted by Crippen LogP contribution is -2.39. The Morgan fingerprint density at radius 1 is 1.21 bits per heavy atom. The highest BCUT2D eigenvalue weighted by Gasteiger charge is 2.28. The summed E-state index contributed by atoms with van der Waals surface area (Å²) in [6.45, 7) is 4.91. The van der Waals surface area contributed by atoms with Gasteiger partial charge < -0.3 is 19.4 Å². The van der Waals surface area contributed by atoms with Crippen molar-refractivity contribution in [1.82, 2.24) is 4.98 Å². The van der Waals surface area contributed by atoms with Gasteiger partial charge in [-0.05, 0) is 26.0 Å². The Morgan fingerprint density at radius 3 is 2.58 bits per heavy atom. The SMILES string of the molecule is CCOC(=O)c1c(COC(C)=O)nc2ccc(OCC)cc2[n+]1[O-]. The summed E-state index contributed by atoms with van der Waals surface area (Å²) < 4.78 is 15.6. The summed E-state index contributed by atoms with van der Waals surface area (Å²) in [4.78, 5) is 27.4. The van der Waals surface area contributed by atoms with Gasteiger partial charge in [0.25, 0.3) is 0 Å². The van der Waals surface area contributed by atoms with Crippen LogP contribution in [0.15, 0.2) is 18.2 Å². The second-order valence-electron chi connectivity index (χ2n) is 4.79. The molecule has 1 aromatic carbocycles. The van der Waals surface area contributed by atoms with Crippen molar-refractivity contribution in [3.8, 4) is 5.75 Å². The minimum Gasteiger partial charge on any atom is -0.618 e. The van der Waals surface area contributed by atoms with Crippen LogP contribution >= 0.6 is 0 Å². The van der Waals surface area contributed by atoms with Crippen LogP contribution in [0.25, 0.3) is 11.0 Å². The molecule has 0 spiro atoms. The first-order chi connectivity index (χ1) is 11.5. The monoisotopic (exact) mass is 334 g/mol. The Kier molecular flexibility index (Phi) is 5.51. The molecule has 8 nitrogen and oxygen atoms in total. The van der Waals surface area contributed by atoms with Gasteiger partial charge in [0.15, 0.2) is 5.69 Å². The maximum Gasteiger partial charge on any atom is 0.407 e. The van der Waals surface area contributed by atoms with Gasteiger partial charge in [-0.3, -0.25) is 4.79 Å². The first-order valence-electron chi connectivity index (χ1n) is 7.47. The van der Waals surface area contributed by atoms with E-state index in [0.717, 1.165) is 0 Å². The normalized spacial score (nSPS) is 10.5. The number of carbonyl (C=O) groups excluding carboxylic acids is 2. The number of rotatable bonds is 6. The van der Waals surface area contributed by atoms with Crippen LogP contribution in [-0.2, 0) is 20.9 Å². The molecule has 0 radical (unpaired) electrons. The third kappa shape index (κ3) is 3.70. The maximum atomic E-state index is 12.6. The van der Waals surface area contributed by atoms with Crippen LogP contribution in [0.1, 0.15) is 37.0 Å². The highest BCUT2D eigenvalue weighted by molar-refractivity contribution is 5.88. The summed E-state index contributed by atoms with van der Waals surface area (Å²) in [5.41, 5.74) is 0.244. The lowest BCUT2D eigenvalue weighted by atomic mass is 10.2. The Balaban J connectivity index is 2.60. The number of hydrogen-bond acceptors (Lipinski definition) is 7. The fourth-order valence-corrected chi connectivity index (χ4v) is 2.12. The molecule has 0 aliphatic rings. The van der Waals surface area contributed by atoms with Crippen molar-refractivity contribution < 1.29 is 28.5 Å². The first kappa shape index (κ1) is 17.5. The fourth-order valence-electron chi connectivity index (χ4n) is 2.12. The quantitative estimate of drug-likeness (QED) is 0.448. The Hall–Kier alpha value is -2.90. The number of ether oxygens (including phenoxy) is 3. The average molecular weight is 334 g/mol. The Bertz CT molecular complexity index is 775. The zero-order chi connectivity index (χ0) is 17.7. The van der Waals surface area contributed by atoms with Crippen LogP contribution in [0.4, 0.5) is 0 Å². The zero-order valence-corrected chi connectivity index (χ0v) is 13.7. The molecule has 128 valence electrons. The van der Waals surface area contributed by atoms with Crippen LogP contribution in [0, 0.1) is 5.21 Å². The molecule has 0 N–H and O–H groups in total. The van der Waals surface area contributed by atoms with E-state index in [2.05, 4.69) is 4.98 Å². The average Bonchev–Trinajstić information content (AvgIpc) is 2.54. The van der Waals surface area contributed by atoms with E-state index >= 15 is 0 Å². The molecule has 0 saturated heterocycles. The van der Waals surface area contributed by atoms with Crippen LogP contribution in [0.2, 0.25) is 0 Å². The summed E-state index contributed by atoms with van der Waals surface area (Å²) >= 11 is 0. The van der Waals surface area contributed by atoms with Crippen molar-refractivity contribution >= 4 is 23.0 Å². The summed E-state index contributed by atoms with van der Waals surface area (Å²) in [5.74, 6) is -0.888. The molecule has 2 aromatic rings. The summed E-state index contributed by atoms with van der Waals surface area (Å²) in [6, 6.07) is 4.76. The molecular formula is C16H18N2O6. The molecule has 2 rings (SSSR count). The molecule has 1 heterocycles. The van der Waals surface area contributed by atoms with Crippen LogP contribution in [-0.4, -0.2) is 30.1 Å². The fraction of sp³-hybridized carbons (Fsp3) is 0.375. The van der Waals surface area contributed by atoms with E-state index < -0.39 is 11.9 Å². The third-order valence-corrected chi connectivity index (χ3v) is 3.09. The molecule has 0 aliphatic carbocycles. The topological polar surface area (TPSA) is 102 Å². The molecule has 24 heavy (non-hydrogen) atoms. The largest absolute Gasteiger partial charge is 0.618 e. The van der Waals surface area contributed by atoms with Crippen LogP contribution in [0.5, 0.6) is 5.75 Å². The number of fused-ring (bicyclic) bond motifs is 1. The number of aromatic nitrogens is 2. The van der Waals surface area contributed by atoms with Crippen molar-refractivity contribution in [1.29, 1.82) is 0 Å². The molecule has 0 amide bonds. The number of nitrogens with zero attached hydrogens (tertiary/aromatic N) is 2. The molecule has 8 heteroatoms. The van der Waals surface area contributed by atoms with Gasteiger partial charge in [0.1, 0.15) is 17.9 Å². The lowest BCUT2D eigenvalue weighted by Gasteiger charge is -2.12. The summed E-state index contributed by atoms with van der Waals surface area (Å²) in [6.07, 6.45) is 0. The van der Waals surface area contributed by atoms with Crippen molar-refractivity contribution in [2.24, 2.45) is 0 Å². The molecular weight excluding hydrogens is 316 g/mol. The molecule has 0 saturated carbocycles. The minimum atomic E-state index is -0.828. The standard InChI is InChI=1S/C16H18N2O6/c1-4-22-11-6-7-12-14(8-11)18(21)15(16(20)23-5-2)13(17-12)9-24-10(3)19/h6-8H,4-5,9H2,1-3H3. The van der Waals surface area contributed by atoms with Gasteiger partial charge in [-0.15, -0.1) is 0 Å². The molecule has 0 atom stereocenters. The van der Waals surface area contributed by atoms with Crippen molar-refractivity contribution in [2.45, 2.75) is 27.4 Å². The predicted octanol–water partition coefficient (Wildman–Crippen LogP) is 1.51. The molecule has 0 unspecified atom stereocenters. The van der Waals surface area contributed by atoms with Gasteiger partial charge in [-0.25, -0.2) is 9.78 Å². The van der Waals surface area contributed by atoms with Crippen LogP contribution < -0.4 is 9.47 Å². The maximum absolute atomic E-state index is 12.6. The van der Waals surface area contributed by atoms with Gasteiger partial charge in [-0.2, -0.15) is 4.73 Å². The van der Waals surface area contributed by atoms with Gasteiger partial charge in [0, 0.05) is 6.92 Å². The highest BCUT2D eigenvalue weighted by atomic mass is 16.5. The van der Waals surface area contributed by atoms with E-state index in [4.69, 9.17) is 14.2 Å². The van der Waals surface area contributed by atoms with E-state index in [-0.39, 0.29) is 30.1 Å². The predicted molar refractivity (Wildman–Crippen MR) is 83.3 cm³/mol. The number of hydrogen-bond donors (Lipinski definition) is 0. The summed E-state index contributed by atoms with van der Waals surface area (Å²) in [7, 11) is 0. The smallest absolute Gasteiger partial charge is 0.407 e. The lowest BCUT2D eigenvalue weighted by molar-refractivity contribution is -0.581. The molecule has 0 fully saturated rings. The van der Waals surface area contributed by atoms with Crippen LogP contribution in [0.3, 0.4) is 0 Å². The Morgan fingerprint density at radius 2 is 1.96 bits per heavy atom. The number of carbonyl (C=O) groups is 2. The van der Waals surface area contributed by atoms with Gasteiger partial charge >= 0.3 is 17.6 Å². The number of esters is 2. The van der Waals surface area contributed by atoms with Crippen molar-refractivity contribution in [2.75, 3.05) is 13.2 Å². The Labute approximate surface area is 138 Å². The van der Waals surface area contributed by atoms with E-state index in [1.165, 1.54) is 13.0 Å². The molecule has 1 aromatic heterocycles. The molecule has 0 bridgehead atoms. The zero-order valence-electron chi connectivity index (χ0n) is 13.7. The second-order valence-corrected chi connectivity index (χ2v) is 4.79. The highest BCUT2D eigenvalue weighted by Crippen LogP contribution is 2.19.